The molecule has 4 nitrogen and oxygen atoms in total. The molecule has 7 heteroatoms. The summed E-state index contributed by atoms with van der Waals surface area (Å²) in [7, 11) is -1.77. The Kier molecular flexibility index (Phi) is 7.93. The van der Waals surface area contributed by atoms with Crippen molar-refractivity contribution in [1.82, 2.24) is 0 Å². The fraction of sp³-hybridized carbons (Fsp3) is 0.400. The van der Waals surface area contributed by atoms with Crippen molar-refractivity contribution in [2.75, 3.05) is 6.61 Å². The largest absolute Gasteiger partial charge is 0.458 e. The number of halogens is 1. The summed E-state index contributed by atoms with van der Waals surface area (Å²) in [5, 5.41) is -0.473. The van der Waals surface area contributed by atoms with Crippen molar-refractivity contribution < 1.29 is 18.5 Å². The quantitative estimate of drug-likeness (QED) is 0.290. The molecule has 0 bridgehead atoms. The van der Waals surface area contributed by atoms with Gasteiger partial charge < -0.3 is 9.47 Å². The summed E-state index contributed by atoms with van der Waals surface area (Å²) in [6.07, 6.45) is 6.47. The van der Waals surface area contributed by atoms with Gasteiger partial charge in [0, 0.05) is 22.0 Å². The van der Waals surface area contributed by atoms with E-state index in [9.17, 15) is 9.00 Å². The zero-order chi connectivity index (χ0) is 23.5. The molecule has 3 rings (SSSR count). The zero-order valence-corrected chi connectivity index (χ0v) is 21.9. The van der Waals surface area contributed by atoms with Crippen LogP contribution in [0, 0.1) is 19.3 Å². The number of carbonyl (C=O) groups is 1. The molecule has 1 aliphatic rings. The molecule has 5 atom stereocenters. The third-order valence-corrected chi connectivity index (χ3v) is 11.4. The van der Waals surface area contributed by atoms with E-state index in [4.69, 9.17) is 15.9 Å². The number of esters is 1. The Morgan fingerprint density at radius 1 is 1.25 bits per heavy atom. The molecule has 32 heavy (non-hydrogen) atoms. The zero-order valence-electron chi connectivity index (χ0n) is 18.7. The first-order chi connectivity index (χ1) is 15.1. The molecule has 2 aromatic rings. The summed E-state index contributed by atoms with van der Waals surface area (Å²) < 4.78 is 25.0. The summed E-state index contributed by atoms with van der Waals surface area (Å²) in [6, 6.07) is 16.9. The highest BCUT2D eigenvalue weighted by atomic mass is 79.9. The van der Waals surface area contributed by atoms with Crippen LogP contribution in [-0.4, -0.2) is 37.8 Å². The molecule has 1 saturated heterocycles. The monoisotopic (exact) mass is 535 g/mol. The minimum Gasteiger partial charge on any atom is -0.458 e. The minimum absolute atomic E-state index is 0.154. The predicted octanol–water partition coefficient (Wildman–Crippen LogP) is 5.17. The van der Waals surface area contributed by atoms with Crippen LogP contribution in [0.25, 0.3) is 0 Å². The Bertz CT molecular complexity index is 1010. The summed E-state index contributed by atoms with van der Waals surface area (Å²) in [5.41, 5.74) is 0.0444. The molecule has 0 aromatic heterocycles. The maximum atomic E-state index is 13.5. The van der Waals surface area contributed by atoms with Crippen LogP contribution in [0.2, 0.25) is 0 Å². The standard InChI is InChI=1S/C25H28BrO4S2/c1-6-25(17-29-23(27)19-10-8-7-9-11-19)21(32(28)24(3,4)5)16-22(30-25)31(26)20-14-12-18(2)13-15-20/h1,7-15,21-22H,16-17H2,2-5H3/q+1/t21-,22?,25-,31?,32?/m1/s1. The second kappa shape index (κ2) is 10.1. The second-order valence-corrected chi connectivity index (χ2v) is 14.8. The summed E-state index contributed by atoms with van der Waals surface area (Å²) >= 11 is 3.79. The first-order valence-corrected chi connectivity index (χ1v) is 14.7. The predicted molar refractivity (Wildman–Crippen MR) is 135 cm³/mol. The topological polar surface area (TPSA) is 52.6 Å². The number of hydrogen-bond acceptors (Lipinski definition) is 4. The van der Waals surface area contributed by atoms with Gasteiger partial charge in [0.25, 0.3) is 0 Å². The van der Waals surface area contributed by atoms with Crippen molar-refractivity contribution in [3.05, 3.63) is 65.7 Å². The van der Waals surface area contributed by atoms with Crippen molar-refractivity contribution in [3.63, 3.8) is 0 Å². The van der Waals surface area contributed by atoms with Crippen LogP contribution in [0.15, 0.2) is 59.5 Å². The molecule has 2 aromatic carbocycles. The highest BCUT2D eigenvalue weighted by Crippen LogP contribution is 2.43. The van der Waals surface area contributed by atoms with Gasteiger partial charge in [-0.2, -0.15) is 0 Å². The number of hydrogen-bond donors (Lipinski definition) is 0. The molecule has 1 fully saturated rings. The number of aryl methyl sites for hydroxylation is 1. The molecule has 170 valence electrons. The Hall–Kier alpha value is -1.59. The fourth-order valence-electron chi connectivity index (χ4n) is 3.48. The second-order valence-electron chi connectivity index (χ2n) is 8.75. The molecule has 0 saturated carbocycles. The fourth-order valence-corrected chi connectivity index (χ4v) is 8.00. The number of benzene rings is 2. The lowest BCUT2D eigenvalue weighted by molar-refractivity contribution is -0.0216. The molecule has 1 heterocycles. The van der Waals surface area contributed by atoms with E-state index in [-0.39, 0.29) is 12.0 Å². The van der Waals surface area contributed by atoms with E-state index in [0.717, 1.165) is 4.90 Å². The molecule has 0 radical (unpaired) electrons. The van der Waals surface area contributed by atoms with Gasteiger partial charge >= 0.3 is 5.97 Å². The third kappa shape index (κ3) is 5.48. The van der Waals surface area contributed by atoms with E-state index in [0.29, 0.717) is 12.0 Å². The Morgan fingerprint density at radius 2 is 1.88 bits per heavy atom. The van der Waals surface area contributed by atoms with E-state index in [2.05, 4.69) is 32.9 Å². The maximum absolute atomic E-state index is 13.5. The van der Waals surface area contributed by atoms with Crippen molar-refractivity contribution in [2.24, 2.45) is 0 Å². The molecule has 0 amide bonds. The van der Waals surface area contributed by atoms with Crippen LogP contribution in [0.3, 0.4) is 0 Å². The molecular formula is C25H28BrO4S2+. The van der Waals surface area contributed by atoms with Crippen molar-refractivity contribution >= 4 is 40.9 Å². The van der Waals surface area contributed by atoms with Crippen LogP contribution < -0.4 is 0 Å². The Labute approximate surface area is 203 Å². The van der Waals surface area contributed by atoms with E-state index in [1.165, 1.54) is 5.56 Å². The molecule has 3 unspecified atom stereocenters. The molecular weight excluding hydrogens is 508 g/mol. The highest BCUT2D eigenvalue weighted by molar-refractivity contribution is 9.48. The van der Waals surface area contributed by atoms with Crippen molar-refractivity contribution in [1.29, 1.82) is 0 Å². The number of rotatable bonds is 6. The van der Waals surface area contributed by atoms with Gasteiger partial charge in [0.05, 0.1) is 10.8 Å². The van der Waals surface area contributed by atoms with Crippen molar-refractivity contribution in [2.45, 2.75) is 60.0 Å². The smallest absolute Gasteiger partial charge is 0.338 e. The van der Waals surface area contributed by atoms with E-state index < -0.39 is 41.7 Å². The lowest BCUT2D eigenvalue weighted by Crippen LogP contribution is -2.49. The summed E-state index contributed by atoms with van der Waals surface area (Å²) in [4.78, 5) is 13.7. The Morgan fingerprint density at radius 3 is 2.44 bits per heavy atom. The molecule has 0 spiro atoms. The number of terminal acetylenes is 1. The van der Waals surface area contributed by atoms with Gasteiger partial charge in [-0.05, 0) is 52.0 Å². The van der Waals surface area contributed by atoms with Crippen LogP contribution in [0.4, 0.5) is 0 Å². The highest BCUT2D eigenvalue weighted by Gasteiger charge is 2.58. The summed E-state index contributed by atoms with van der Waals surface area (Å²) in [5.74, 6) is 2.24. The van der Waals surface area contributed by atoms with Gasteiger partial charge in [0.2, 0.25) is 20.2 Å². The normalized spacial score (nSPS) is 25.0. The van der Waals surface area contributed by atoms with E-state index in [1.807, 2.05) is 45.9 Å². The van der Waals surface area contributed by atoms with Crippen LogP contribution in [-0.2, 0) is 29.6 Å². The first-order valence-electron chi connectivity index (χ1n) is 10.3. The average molecular weight is 537 g/mol. The average Bonchev–Trinajstić information content (AvgIpc) is 3.17. The van der Waals surface area contributed by atoms with Gasteiger partial charge in [0.1, 0.15) is 15.9 Å². The van der Waals surface area contributed by atoms with Crippen LogP contribution in [0.5, 0.6) is 0 Å². The SMILES string of the molecule is C#C[C@]1(COC(=O)c2ccccc2)OC([S+](Br)c2ccc(C)cc2)C[C@H]1S(=O)C(C)(C)C. The maximum Gasteiger partial charge on any atom is 0.338 e. The van der Waals surface area contributed by atoms with E-state index >= 15 is 0 Å². The van der Waals surface area contributed by atoms with Gasteiger partial charge in [-0.25, -0.2) is 4.79 Å². The lowest BCUT2D eigenvalue weighted by Gasteiger charge is -2.31. The van der Waals surface area contributed by atoms with Gasteiger partial charge in [-0.1, -0.05) is 41.8 Å². The van der Waals surface area contributed by atoms with Crippen molar-refractivity contribution in [3.8, 4) is 12.3 Å². The van der Waals surface area contributed by atoms with Gasteiger partial charge in [-0.15, -0.1) is 6.42 Å². The number of ether oxygens (including phenoxy) is 2. The molecule has 0 aliphatic carbocycles. The van der Waals surface area contributed by atoms with E-state index in [1.54, 1.807) is 24.3 Å². The minimum atomic E-state index is -1.31. The van der Waals surface area contributed by atoms with Crippen LogP contribution in [0.1, 0.15) is 43.1 Å². The lowest BCUT2D eigenvalue weighted by atomic mass is 10.0. The Balaban J connectivity index is 1.87. The van der Waals surface area contributed by atoms with Crippen LogP contribution >= 0.6 is 14.8 Å². The summed E-state index contributed by atoms with van der Waals surface area (Å²) in [6.45, 7) is 7.64. The van der Waals surface area contributed by atoms with Gasteiger partial charge in [-0.3, -0.25) is 4.21 Å². The first kappa shape index (κ1) is 25.0. The number of carbonyl (C=O) groups excluding carboxylic acids is 1. The van der Waals surface area contributed by atoms with Gasteiger partial charge in [0.15, 0.2) is 10.5 Å². The molecule has 0 N–H and O–H groups in total. The molecule has 1 aliphatic heterocycles. The third-order valence-electron chi connectivity index (χ3n) is 5.28.